The maximum atomic E-state index is 13.6. The molecule has 7 nitrogen and oxygen atoms in total. The number of thiophene rings is 1. The molecule has 0 saturated heterocycles. The number of nitrogens with zero attached hydrogens (tertiary/aromatic N) is 2. The molecule has 4 aromatic rings. The fraction of sp³-hybridized carbons (Fsp3) is 0.200. The van der Waals surface area contributed by atoms with Crippen molar-refractivity contribution in [1.82, 2.24) is 9.55 Å². The van der Waals surface area contributed by atoms with E-state index < -0.39 is 0 Å². The lowest BCUT2D eigenvalue weighted by molar-refractivity contribution is -0.113. The lowest BCUT2D eigenvalue weighted by Crippen LogP contribution is -2.23. The second kappa shape index (κ2) is 9.82. The molecule has 0 saturated carbocycles. The number of ketones is 1. The van der Waals surface area contributed by atoms with Crippen molar-refractivity contribution in [2.45, 2.75) is 25.9 Å². The Bertz CT molecular complexity index is 1460. The number of Topliss-reactive ketones (excluding diaryl/α,β-unsaturated/α-hetero) is 1. The van der Waals surface area contributed by atoms with Crippen LogP contribution in [0.4, 0.5) is 5.69 Å². The van der Waals surface area contributed by atoms with E-state index in [1.807, 2.05) is 26.0 Å². The molecular formula is C25H23N3O4S2. The van der Waals surface area contributed by atoms with E-state index in [0.29, 0.717) is 38.1 Å². The van der Waals surface area contributed by atoms with E-state index in [2.05, 4.69) is 5.32 Å². The molecule has 0 radical (unpaired) electrons. The number of fused-ring (bicyclic) bond motifs is 1. The van der Waals surface area contributed by atoms with Crippen LogP contribution in [0, 0.1) is 13.8 Å². The molecule has 1 N–H and O–H groups in total. The molecular weight excluding hydrogens is 470 g/mol. The van der Waals surface area contributed by atoms with Crippen LogP contribution in [-0.2, 0) is 4.79 Å². The summed E-state index contributed by atoms with van der Waals surface area (Å²) in [6.07, 6.45) is 0. The van der Waals surface area contributed by atoms with E-state index in [4.69, 9.17) is 9.72 Å². The summed E-state index contributed by atoms with van der Waals surface area (Å²) in [5.74, 6) is 0.292. The number of ether oxygens (including phenoxy) is 1. The van der Waals surface area contributed by atoms with Crippen LogP contribution in [0.1, 0.15) is 27.7 Å². The van der Waals surface area contributed by atoms with Gasteiger partial charge in [0, 0.05) is 16.1 Å². The minimum Gasteiger partial charge on any atom is -0.495 e. The second-order valence-corrected chi connectivity index (χ2v) is 9.79. The van der Waals surface area contributed by atoms with E-state index in [0.717, 1.165) is 10.4 Å². The van der Waals surface area contributed by atoms with Gasteiger partial charge in [0.1, 0.15) is 10.6 Å². The number of hydrogen-bond acceptors (Lipinski definition) is 7. The van der Waals surface area contributed by atoms with Gasteiger partial charge in [-0.15, -0.1) is 11.3 Å². The van der Waals surface area contributed by atoms with Gasteiger partial charge in [-0.25, -0.2) is 4.98 Å². The summed E-state index contributed by atoms with van der Waals surface area (Å²) in [6, 6.07) is 13.9. The van der Waals surface area contributed by atoms with Gasteiger partial charge < -0.3 is 10.1 Å². The quantitative estimate of drug-likeness (QED) is 0.221. The molecule has 0 bridgehead atoms. The number of aryl methyl sites for hydroxylation is 2. The van der Waals surface area contributed by atoms with E-state index in [9.17, 15) is 14.4 Å². The number of hydrogen-bond donors (Lipinski definition) is 1. The molecule has 174 valence electrons. The zero-order valence-corrected chi connectivity index (χ0v) is 20.8. The highest BCUT2D eigenvalue weighted by Gasteiger charge is 2.20. The maximum absolute atomic E-state index is 13.6. The monoisotopic (exact) mass is 493 g/mol. The van der Waals surface area contributed by atoms with E-state index >= 15 is 0 Å². The summed E-state index contributed by atoms with van der Waals surface area (Å²) >= 11 is 2.64. The van der Waals surface area contributed by atoms with Crippen LogP contribution in [0.15, 0.2) is 58.5 Å². The van der Waals surface area contributed by atoms with Crippen molar-refractivity contribution in [3.05, 3.63) is 74.9 Å². The molecule has 2 aromatic heterocycles. The van der Waals surface area contributed by atoms with Gasteiger partial charge in [0.15, 0.2) is 10.9 Å². The van der Waals surface area contributed by atoms with Gasteiger partial charge in [-0.1, -0.05) is 23.9 Å². The average Bonchev–Trinajstić information content (AvgIpc) is 3.11. The molecule has 0 fully saturated rings. The predicted octanol–water partition coefficient (Wildman–Crippen LogP) is 5.01. The summed E-state index contributed by atoms with van der Waals surface area (Å²) < 4.78 is 7.00. The van der Waals surface area contributed by atoms with Gasteiger partial charge in [-0.2, -0.15) is 0 Å². The van der Waals surface area contributed by atoms with Gasteiger partial charge in [0.2, 0.25) is 5.91 Å². The number of thioether (sulfide) groups is 1. The maximum Gasteiger partial charge on any atom is 0.267 e. The third-order valence-corrected chi connectivity index (χ3v) is 7.45. The first-order chi connectivity index (χ1) is 16.3. The van der Waals surface area contributed by atoms with E-state index in [1.165, 1.54) is 34.6 Å². The van der Waals surface area contributed by atoms with Gasteiger partial charge in [-0.3, -0.25) is 19.0 Å². The Kier molecular flexibility index (Phi) is 6.85. The highest BCUT2D eigenvalue weighted by molar-refractivity contribution is 7.99. The lowest BCUT2D eigenvalue weighted by Gasteiger charge is -2.15. The molecule has 0 unspecified atom stereocenters. The number of amides is 1. The van der Waals surface area contributed by atoms with Crippen LogP contribution in [0.25, 0.3) is 15.9 Å². The highest BCUT2D eigenvalue weighted by atomic mass is 32.2. The number of methoxy groups -OCH3 is 1. The number of aromatic nitrogens is 2. The van der Waals surface area contributed by atoms with Crippen LogP contribution in [-0.4, -0.2) is 34.1 Å². The number of benzene rings is 2. The van der Waals surface area contributed by atoms with Crippen LogP contribution >= 0.6 is 23.1 Å². The fourth-order valence-electron chi connectivity index (χ4n) is 3.51. The van der Waals surface area contributed by atoms with Gasteiger partial charge >= 0.3 is 0 Å². The summed E-state index contributed by atoms with van der Waals surface area (Å²) in [5, 5.41) is 3.80. The molecule has 0 aliphatic rings. The number of nitrogens with one attached hydrogen (secondary N) is 1. The topological polar surface area (TPSA) is 90.3 Å². The summed E-state index contributed by atoms with van der Waals surface area (Å²) in [4.78, 5) is 44.1. The molecule has 0 aliphatic carbocycles. The SMILES string of the molecule is COc1ccccc1-n1c(SCC(=O)Nc2ccc(C(C)=O)cc2)nc2sc(C)c(C)c2c1=O. The predicted molar refractivity (Wildman–Crippen MR) is 137 cm³/mol. The molecule has 0 spiro atoms. The van der Waals surface area contributed by atoms with Crippen LogP contribution in [0.3, 0.4) is 0 Å². The third kappa shape index (κ3) is 4.62. The Balaban J connectivity index is 1.68. The number of carbonyl (C=O) groups is 2. The molecule has 2 heterocycles. The summed E-state index contributed by atoms with van der Waals surface area (Å²) in [5.41, 5.74) is 2.44. The van der Waals surface area contributed by atoms with Crippen molar-refractivity contribution in [2.24, 2.45) is 0 Å². The molecule has 0 atom stereocenters. The largest absolute Gasteiger partial charge is 0.495 e. The van der Waals surface area contributed by atoms with Crippen LogP contribution in [0.2, 0.25) is 0 Å². The van der Waals surface area contributed by atoms with Crippen LogP contribution in [0.5, 0.6) is 5.75 Å². The average molecular weight is 494 g/mol. The third-order valence-electron chi connectivity index (χ3n) is 5.41. The smallest absolute Gasteiger partial charge is 0.267 e. The highest BCUT2D eigenvalue weighted by Crippen LogP contribution is 2.31. The van der Waals surface area contributed by atoms with Crippen molar-refractivity contribution in [3.8, 4) is 11.4 Å². The normalized spacial score (nSPS) is 10.9. The van der Waals surface area contributed by atoms with E-state index in [1.54, 1.807) is 43.5 Å². The molecule has 4 rings (SSSR count). The van der Waals surface area contributed by atoms with Crippen molar-refractivity contribution in [2.75, 3.05) is 18.2 Å². The number of rotatable bonds is 7. The molecule has 34 heavy (non-hydrogen) atoms. The summed E-state index contributed by atoms with van der Waals surface area (Å²) in [6.45, 7) is 5.37. The second-order valence-electron chi connectivity index (χ2n) is 7.64. The zero-order chi connectivity index (χ0) is 24.4. The Morgan fingerprint density at radius 2 is 1.82 bits per heavy atom. The van der Waals surface area contributed by atoms with Crippen molar-refractivity contribution in [1.29, 1.82) is 0 Å². The van der Waals surface area contributed by atoms with Crippen LogP contribution < -0.4 is 15.6 Å². The fourth-order valence-corrected chi connectivity index (χ4v) is 5.39. The first kappa shape index (κ1) is 23.7. The molecule has 0 aliphatic heterocycles. The minimum absolute atomic E-state index is 0.0386. The first-order valence-electron chi connectivity index (χ1n) is 10.5. The van der Waals surface area contributed by atoms with Crippen molar-refractivity contribution in [3.63, 3.8) is 0 Å². The number of carbonyl (C=O) groups excluding carboxylic acids is 2. The van der Waals surface area contributed by atoms with Crippen molar-refractivity contribution >= 4 is 50.7 Å². The Morgan fingerprint density at radius 3 is 2.50 bits per heavy atom. The molecule has 1 amide bonds. The minimum atomic E-state index is -0.250. The molecule has 2 aromatic carbocycles. The zero-order valence-electron chi connectivity index (χ0n) is 19.2. The van der Waals surface area contributed by atoms with Crippen molar-refractivity contribution < 1.29 is 14.3 Å². The molecule has 9 heteroatoms. The Hall–Kier alpha value is -3.43. The first-order valence-corrected chi connectivity index (χ1v) is 12.3. The van der Waals surface area contributed by atoms with Gasteiger partial charge in [-0.05, 0) is 62.7 Å². The standard InChI is InChI=1S/C25H23N3O4S2/c1-14-16(3)34-23-22(14)24(31)28(19-7-5-6-8-20(19)32-4)25(27-23)33-13-21(30)26-18-11-9-17(10-12-18)15(2)29/h5-12H,13H2,1-4H3,(H,26,30). The lowest BCUT2D eigenvalue weighted by atomic mass is 10.1. The van der Waals surface area contributed by atoms with Gasteiger partial charge in [0.05, 0.1) is 23.9 Å². The number of para-hydroxylation sites is 2. The Labute approximate surface area is 204 Å². The van der Waals surface area contributed by atoms with Gasteiger partial charge in [0.25, 0.3) is 5.56 Å². The Morgan fingerprint density at radius 1 is 1.12 bits per heavy atom. The summed E-state index contributed by atoms with van der Waals surface area (Å²) in [7, 11) is 1.55. The van der Waals surface area contributed by atoms with E-state index in [-0.39, 0.29) is 23.0 Å². The number of anilines is 1.